The summed E-state index contributed by atoms with van der Waals surface area (Å²) < 4.78 is 4.78. The van der Waals surface area contributed by atoms with Crippen molar-refractivity contribution in [2.75, 3.05) is 13.1 Å². The fraction of sp³-hybridized carbons (Fsp3) is 0.778. The first-order valence-electron chi connectivity index (χ1n) is 4.39. The van der Waals surface area contributed by atoms with E-state index in [1.165, 1.54) is 6.61 Å². The van der Waals surface area contributed by atoms with Gasteiger partial charge in [-0.2, -0.15) is 0 Å². The lowest BCUT2D eigenvalue weighted by molar-refractivity contribution is -0.145. The molecule has 0 aromatic carbocycles. The van der Waals surface area contributed by atoms with E-state index in [4.69, 9.17) is 4.74 Å². The molecule has 0 bridgehead atoms. The van der Waals surface area contributed by atoms with Gasteiger partial charge in [-0.3, -0.25) is 9.69 Å². The maximum Gasteiger partial charge on any atom is 0.323 e. The van der Waals surface area contributed by atoms with Crippen molar-refractivity contribution in [3.8, 4) is 0 Å². The summed E-state index contributed by atoms with van der Waals surface area (Å²) in [5.41, 5.74) is 0. The molecule has 12 heavy (non-hydrogen) atoms. The molecule has 0 aliphatic heterocycles. The van der Waals surface area contributed by atoms with Gasteiger partial charge >= 0.3 is 5.97 Å². The zero-order valence-electron chi connectivity index (χ0n) is 8.33. The minimum Gasteiger partial charge on any atom is -0.458 e. The third-order valence-corrected chi connectivity index (χ3v) is 1.94. The summed E-state index contributed by atoms with van der Waals surface area (Å²) in [4.78, 5) is 13.3. The summed E-state index contributed by atoms with van der Waals surface area (Å²) in [6.07, 6.45) is 0. The molecule has 0 N–H and O–H groups in total. The summed E-state index contributed by atoms with van der Waals surface area (Å²) in [5.74, 6) is -0.179. The van der Waals surface area contributed by atoms with Crippen LogP contribution in [-0.4, -0.2) is 30.0 Å². The Morgan fingerprint density at radius 2 is 2.00 bits per heavy atom. The number of nitrogens with zero attached hydrogens (tertiary/aromatic N) is 1. The van der Waals surface area contributed by atoms with Crippen molar-refractivity contribution in [2.45, 2.75) is 33.7 Å². The minimum atomic E-state index is -0.179. The van der Waals surface area contributed by atoms with Crippen LogP contribution in [-0.2, 0) is 9.53 Å². The van der Waals surface area contributed by atoms with Gasteiger partial charge in [0, 0.05) is 0 Å². The smallest absolute Gasteiger partial charge is 0.323 e. The second-order valence-electron chi connectivity index (χ2n) is 2.57. The molecule has 1 unspecified atom stereocenters. The molecule has 0 fully saturated rings. The maximum atomic E-state index is 11.2. The summed E-state index contributed by atoms with van der Waals surface area (Å²) in [7, 11) is 0. The van der Waals surface area contributed by atoms with Crippen molar-refractivity contribution < 1.29 is 9.53 Å². The first-order valence-corrected chi connectivity index (χ1v) is 4.39. The predicted molar refractivity (Wildman–Crippen MR) is 48.4 cm³/mol. The highest BCUT2D eigenvalue weighted by Gasteiger charge is 2.19. The minimum absolute atomic E-state index is 0.142. The zero-order valence-corrected chi connectivity index (χ0v) is 8.33. The van der Waals surface area contributed by atoms with Gasteiger partial charge in [-0.05, 0) is 26.9 Å². The lowest BCUT2D eigenvalue weighted by Crippen LogP contribution is -2.39. The van der Waals surface area contributed by atoms with Gasteiger partial charge < -0.3 is 4.74 Å². The molecule has 0 amide bonds. The molecule has 71 valence electrons. The fourth-order valence-electron chi connectivity index (χ4n) is 1.14. The predicted octanol–water partition coefficient (Wildman–Crippen LogP) is 1.44. The van der Waals surface area contributed by atoms with Crippen molar-refractivity contribution in [3.05, 3.63) is 6.61 Å². The first-order chi connectivity index (χ1) is 5.67. The molecular weight excluding hydrogens is 154 g/mol. The highest BCUT2D eigenvalue weighted by atomic mass is 16.5. The van der Waals surface area contributed by atoms with Crippen molar-refractivity contribution in [3.63, 3.8) is 0 Å². The molecule has 0 aliphatic carbocycles. The molecule has 1 radical (unpaired) electrons. The molecule has 0 spiro atoms. The van der Waals surface area contributed by atoms with Crippen LogP contribution in [0.4, 0.5) is 0 Å². The number of ether oxygens (including phenoxy) is 1. The van der Waals surface area contributed by atoms with E-state index in [1.54, 1.807) is 6.92 Å². The fourth-order valence-corrected chi connectivity index (χ4v) is 1.14. The van der Waals surface area contributed by atoms with Crippen molar-refractivity contribution >= 4 is 5.97 Å². The highest BCUT2D eigenvalue weighted by molar-refractivity contribution is 5.75. The van der Waals surface area contributed by atoms with E-state index in [0.717, 1.165) is 13.1 Å². The van der Waals surface area contributed by atoms with Crippen molar-refractivity contribution in [1.29, 1.82) is 0 Å². The number of carbonyl (C=O) groups is 1. The number of hydrogen-bond acceptors (Lipinski definition) is 3. The topological polar surface area (TPSA) is 29.5 Å². The van der Waals surface area contributed by atoms with Gasteiger partial charge in [0.15, 0.2) is 0 Å². The molecule has 0 aromatic heterocycles. The Morgan fingerprint density at radius 1 is 1.50 bits per heavy atom. The Hall–Kier alpha value is -0.570. The lowest BCUT2D eigenvalue weighted by atomic mass is 10.3. The van der Waals surface area contributed by atoms with E-state index < -0.39 is 0 Å². The molecule has 3 heteroatoms. The standard InChI is InChI=1S/C9H18NO2/c1-5-10(6-2)8(4)9(11)12-7-3/h7-8H,5-6H2,1-4H3. The van der Waals surface area contributed by atoms with Gasteiger partial charge in [0.25, 0.3) is 0 Å². The van der Waals surface area contributed by atoms with E-state index >= 15 is 0 Å². The number of esters is 1. The second kappa shape index (κ2) is 6.00. The quantitative estimate of drug-likeness (QED) is 0.588. The number of hydrogen-bond donors (Lipinski definition) is 0. The van der Waals surface area contributed by atoms with Crippen LogP contribution in [0.25, 0.3) is 0 Å². The van der Waals surface area contributed by atoms with E-state index in [1.807, 2.05) is 25.7 Å². The molecule has 0 heterocycles. The molecule has 3 nitrogen and oxygen atoms in total. The van der Waals surface area contributed by atoms with Crippen LogP contribution in [0.1, 0.15) is 27.7 Å². The van der Waals surface area contributed by atoms with Crippen LogP contribution in [0.5, 0.6) is 0 Å². The highest BCUT2D eigenvalue weighted by Crippen LogP contribution is 2.01. The Morgan fingerprint density at radius 3 is 2.33 bits per heavy atom. The van der Waals surface area contributed by atoms with Gasteiger partial charge in [0.05, 0.1) is 0 Å². The second-order valence-corrected chi connectivity index (χ2v) is 2.57. The SMILES string of the molecule is C[CH]OC(=O)C(C)N(CC)CC. The third-order valence-electron chi connectivity index (χ3n) is 1.94. The van der Waals surface area contributed by atoms with Crippen molar-refractivity contribution in [1.82, 2.24) is 4.90 Å². The Labute approximate surface area is 74.7 Å². The Balaban J connectivity index is 3.96. The number of carbonyl (C=O) groups excluding carboxylic acids is 1. The van der Waals surface area contributed by atoms with Gasteiger partial charge in [-0.15, -0.1) is 0 Å². The normalized spacial score (nSPS) is 13.1. The van der Waals surface area contributed by atoms with E-state index in [0.29, 0.717) is 0 Å². The molecule has 0 saturated heterocycles. The third kappa shape index (κ3) is 3.22. The van der Waals surface area contributed by atoms with E-state index in [9.17, 15) is 4.79 Å². The average molecular weight is 172 g/mol. The summed E-state index contributed by atoms with van der Waals surface area (Å²) in [6, 6.07) is -0.142. The van der Waals surface area contributed by atoms with Crippen LogP contribution in [0.15, 0.2) is 0 Å². The van der Waals surface area contributed by atoms with Gasteiger partial charge in [-0.25, -0.2) is 0 Å². The van der Waals surface area contributed by atoms with Crippen molar-refractivity contribution in [2.24, 2.45) is 0 Å². The van der Waals surface area contributed by atoms with Crippen LogP contribution in [0, 0.1) is 6.61 Å². The summed E-state index contributed by atoms with van der Waals surface area (Å²) in [6.45, 7) is 10.8. The molecular formula is C9H18NO2. The van der Waals surface area contributed by atoms with E-state index in [2.05, 4.69) is 0 Å². The number of likely N-dealkylation sites (N-methyl/N-ethyl adjacent to an activating group) is 1. The zero-order chi connectivity index (χ0) is 9.56. The van der Waals surface area contributed by atoms with Gasteiger partial charge in [0.2, 0.25) is 0 Å². The Kier molecular flexibility index (Phi) is 5.72. The maximum absolute atomic E-state index is 11.2. The molecule has 1 atom stereocenters. The van der Waals surface area contributed by atoms with Crippen LogP contribution >= 0.6 is 0 Å². The first kappa shape index (κ1) is 11.4. The monoisotopic (exact) mass is 172 g/mol. The average Bonchev–Trinajstić information content (AvgIpc) is 2.07. The van der Waals surface area contributed by atoms with Crippen LogP contribution in [0.3, 0.4) is 0 Å². The summed E-state index contributed by atoms with van der Waals surface area (Å²) >= 11 is 0. The van der Waals surface area contributed by atoms with E-state index in [-0.39, 0.29) is 12.0 Å². The largest absolute Gasteiger partial charge is 0.458 e. The molecule has 0 rings (SSSR count). The lowest BCUT2D eigenvalue weighted by Gasteiger charge is -2.23. The van der Waals surface area contributed by atoms with Gasteiger partial charge in [-0.1, -0.05) is 13.8 Å². The van der Waals surface area contributed by atoms with Crippen LogP contribution in [0.2, 0.25) is 0 Å². The summed E-state index contributed by atoms with van der Waals surface area (Å²) in [5, 5.41) is 0. The number of rotatable bonds is 5. The van der Waals surface area contributed by atoms with Gasteiger partial charge in [0.1, 0.15) is 12.6 Å². The van der Waals surface area contributed by atoms with Crippen LogP contribution < -0.4 is 0 Å². The molecule has 0 aromatic rings. The molecule has 0 saturated carbocycles. The Bertz CT molecular complexity index is 132. The molecule has 0 aliphatic rings.